The van der Waals surface area contributed by atoms with E-state index in [0.717, 1.165) is 10.4 Å². The van der Waals surface area contributed by atoms with E-state index in [0.29, 0.717) is 10.6 Å². The van der Waals surface area contributed by atoms with Gasteiger partial charge in [-0.3, -0.25) is 4.79 Å². The Balaban J connectivity index is 2.48. The molecule has 2 aromatic rings. The molecule has 0 atom stereocenters. The summed E-state index contributed by atoms with van der Waals surface area (Å²) in [5.74, 6) is 0. The minimum absolute atomic E-state index is 0.453. The Bertz CT molecular complexity index is 448. The lowest BCUT2D eigenvalue weighted by Gasteiger charge is -1.93. The van der Waals surface area contributed by atoms with Crippen LogP contribution in [0.4, 0.5) is 5.00 Å². The monoisotopic (exact) mass is 202 g/mol. The van der Waals surface area contributed by atoms with Crippen molar-refractivity contribution in [3.05, 3.63) is 42.0 Å². The van der Waals surface area contributed by atoms with Gasteiger partial charge in [0, 0.05) is 4.88 Å². The number of thiophene rings is 1. The van der Waals surface area contributed by atoms with Crippen molar-refractivity contribution in [3.8, 4) is 10.4 Å². The summed E-state index contributed by atoms with van der Waals surface area (Å²) in [7, 11) is 0. The zero-order valence-electron chi connectivity index (χ0n) is 7.36. The number of rotatable bonds is 2. The molecule has 14 heavy (non-hydrogen) atoms. The average molecular weight is 202 g/mol. The van der Waals surface area contributed by atoms with Gasteiger partial charge in [0.1, 0.15) is 0 Å². The Kier molecular flexibility index (Phi) is 2.33. The van der Waals surface area contributed by atoms with E-state index in [1.165, 1.54) is 11.3 Å². The molecule has 0 aliphatic carbocycles. The summed E-state index contributed by atoms with van der Waals surface area (Å²) in [4.78, 5) is 11.5. The molecule has 69 valence electrons. The highest BCUT2D eigenvalue weighted by molar-refractivity contribution is 7.19. The van der Waals surface area contributed by atoms with E-state index >= 15 is 0 Å². The van der Waals surface area contributed by atoms with Crippen LogP contribution in [0.5, 0.6) is 0 Å². The van der Waals surface area contributed by atoms with E-state index in [2.05, 4.69) is 0 Å². The van der Waals surface area contributed by atoms with Gasteiger partial charge in [-0.25, -0.2) is 0 Å². The zero-order valence-corrected chi connectivity index (χ0v) is 8.17. The SMILES string of the molecule is Nc1sc(-c2ccccc2)cc1[C]=O. The van der Waals surface area contributed by atoms with E-state index in [1.807, 2.05) is 36.6 Å². The van der Waals surface area contributed by atoms with Gasteiger partial charge < -0.3 is 5.73 Å². The maximum Gasteiger partial charge on any atom is 0.236 e. The zero-order chi connectivity index (χ0) is 9.97. The van der Waals surface area contributed by atoms with Gasteiger partial charge in [0.25, 0.3) is 0 Å². The number of hydrogen-bond donors (Lipinski definition) is 1. The standard InChI is InChI=1S/C11H8NOS/c12-11-9(7-13)6-10(14-11)8-4-2-1-3-5-8/h1-6H,12H2. The van der Waals surface area contributed by atoms with Gasteiger partial charge in [-0.15, -0.1) is 11.3 Å². The third-order valence-electron chi connectivity index (χ3n) is 1.93. The molecule has 2 rings (SSSR count). The first kappa shape index (κ1) is 8.97. The first-order chi connectivity index (χ1) is 6.81. The van der Waals surface area contributed by atoms with Crippen LogP contribution in [0.2, 0.25) is 0 Å². The van der Waals surface area contributed by atoms with Crippen LogP contribution < -0.4 is 5.73 Å². The summed E-state index contributed by atoms with van der Waals surface area (Å²) in [6.07, 6.45) is 1.82. The summed E-state index contributed by atoms with van der Waals surface area (Å²) < 4.78 is 0. The van der Waals surface area contributed by atoms with Crippen LogP contribution in [0.25, 0.3) is 10.4 Å². The molecular formula is C11H8NOS. The van der Waals surface area contributed by atoms with Crippen LogP contribution in [-0.2, 0) is 4.79 Å². The van der Waals surface area contributed by atoms with Crippen LogP contribution in [-0.4, -0.2) is 6.29 Å². The quantitative estimate of drug-likeness (QED) is 0.812. The lowest BCUT2D eigenvalue weighted by molar-refractivity contribution is 0.563. The highest BCUT2D eigenvalue weighted by Crippen LogP contribution is 2.32. The Morgan fingerprint density at radius 2 is 1.93 bits per heavy atom. The fourth-order valence-electron chi connectivity index (χ4n) is 1.23. The molecule has 1 radical (unpaired) electrons. The first-order valence-electron chi connectivity index (χ1n) is 4.14. The third kappa shape index (κ3) is 1.54. The van der Waals surface area contributed by atoms with E-state index < -0.39 is 0 Å². The summed E-state index contributed by atoms with van der Waals surface area (Å²) in [5.41, 5.74) is 7.17. The Morgan fingerprint density at radius 1 is 1.21 bits per heavy atom. The van der Waals surface area contributed by atoms with Gasteiger partial charge in [0.2, 0.25) is 6.29 Å². The summed E-state index contributed by atoms with van der Waals surface area (Å²) in [5, 5.41) is 0.527. The van der Waals surface area contributed by atoms with Crippen molar-refractivity contribution in [1.82, 2.24) is 0 Å². The number of hydrogen-bond acceptors (Lipinski definition) is 3. The minimum atomic E-state index is 0.453. The van der Waals surface area contributed by atoms with Gasteiger partial charge in [-0.2, -0.15) is 0 Å². The number of benzene rings is 1. The lowest BCUT2D eigenvalue weighted by atomic mass is 10.2. The second kappa shape index (κ2) is 3.64. The fourth-order valence-corrected chi connectivity index (χ4v) is 2.11. The third-order valence-corrected chi connectivity index (χ3v) is 2.94. The molecule has 0 spiro atoms. The summed E-state index contributed by atoms with van der Waals surface area (Å²) >= 11 is 1.41. The van der Waals surface area contributed by atoms with Crippen molar-refractivity contribution < 1.29 is 4.79 Å². The molecule has 3 heteroatoms. The smallest absolute Gasteiger partial charge is 0.236 e. The van der Waals surface area contributed by atoms with Crippen molar-refractivity contribution >= 4 is 22.6 Å². The van der Waals surface area contributed by atoms with E-state index in [9.17, 15) is 4.79 Å². The van der Waals surface area contributed by atoms with E-state index in [1.54, 1.807) is 6.07 Å². The highest BCUT2D eigenvalue weighted by atomic mass is 32.1. The van der Waals surface area contributed by atoms with Gasteiger partial charge in [-0.1, -0.05) is 30.3 Å². The second-order valence-electron chi connectivity index (χ2n) is 2.86. The lowest BCUT2D eigenvalue weighted by Crippen LogP contribution is -1.84. The molecule has 2 N–H and O–H groups in total. The number of nitrogens with two attached hydrogens (primary N) is 1. The molecule has 0 unspecified atom stereocenters. The van der Waals surface area contributed by atoms with Crippen molar-refractivity contribution in [2.75, 3.05) is 5.73 Å². The largest absolute Gasteiger partial charge is 0.390 e. The van der Waals surface area contributed by atoms with Crippen LogP contribution in [0.1, 0.15) is 5.56 Å². The molecule has 0 aliphatic heterocycles. The first-order valence-corrected chi connectivity index (χ1v) is 4.96. The van der Waals surface area contributed by atoms with Crippen molar-refractivity contribution in [1.29, 1.82) is 0 Å². The predicted octanol–water partition coefficient (Wildman–Crippen LogP) is 2.46. The van der Waals surface area contributed by atoms with Crippen LogP contribution in [0, 0.1) is 0 Å². The summed E-state index contributed by atoms with van der Waals surface area (Å²) in [6, 6.07) is 11.6. The molecule has 0 fully saturated rings. The summed E-state index contributed by atoms with van der Waals surface area (Å²) in [6.45, 7) is 0. The molecule has 0 amide bonds. The molecular weight excluding hydrogens is 194 g/mol. The minimum Gasteiger partial charge on any atom is -0.390 e. The Hall–Kier alpha value is -1.61. The second-order valence-corrected chi connectivity index (χ2v) is 3.94. The molecule has 0 aliphatic rings. The van der Waals surface area contributed by atoms with E-state index in [-0.39, 0.29) is 0 Å². The van der Waals surface area contributed by atoms with Crippen LogP contribution in [0.3, 0.4) is 0 Å². The predicted molar refractivity (Wildman–Crippen MR) is 59.0 cm³/mol. The maximum atomic E-state index is 10.5. The Labute approximate surface area is 86.0 Å². The molecule has 2 nitrogen and oxygen atoms in total. The average Bonchev–Trinajstić information content (AvgIpc) is 2.61. The van der Waals surface area contributed by atoms with Crippen molar-refractivity contribution in [2.45, 2.75) is 0 Å². The van der Waals surface area contributed by atoms with Gasteiger partial charge >= 0.3 is 0 Å². The highest BCUT2D eigenvalue weighted by Gasteiger charge is 2.06. The molecule has 1 aromatic carbocycles. The molecule has 1 aromatic heterocycles. The number of carbonyl (C=O) groups excluding carboxylic acids is 1. The van der Waals surface area contributed by atoms with Crippen molar-refractivity contribution in [2.24, 2.45) is 0 Å². The topological polar surface area (TPSA) is 43.1 Å². The van der Waals surface area contributed by atoms with Crippen LogP contribution in [0.15, 0.2) is 36.4 Å². The molecule has 1 heterocycles. The van der Waals surface area contributed by atoms with Crippen LogP contribution >= 0.6 is 11.3 Å². The molecule has 0 saturated carbocycles. The Morgan fingerprint density at radius 3 is 2.50 bits per heavy atom. The van der Waals surface area contributed by atoms with Gasteiger partial charge in [0.15, 0.2) is 0 Å². The number of nitrogen functional groups attached to an aromatic ring is 1. The number of anilines is 1. The van der Waals surface area contributed by atoms with Gasteiger partial charge in [-0.05, 0) is 11.6 Å². The van der Waals surface area contributed by atoms with Gasteiger partial charge in [0.05, 0.1) is 10.6 Å². The molecule has 0 bridgehead atoms. The normalized spacial score (nSPS) is 10.0. The van der Waals surface area contributed by atoms with E-state index in [4.69, 9.17) is 5.73 Å². The fraction of sp³-hybridized carbons (Fsp3) is 0. The maximum absolute atomic E-state index is 10.5. The van der Waals surface area contributed by atoms with Crippen molar-refractivity contribution in [3.63, 3.8) is 0 Å². The molecule has 0 saturated heterocycles.